The van der Waals surface area contributed by atoms with Gasteiger partial charge in [-0.1, -0.05) is 30.3 Å². The molecule has 0 radical (unpaired) electrons. The minimum atomic E-state index is -3.94. The van der Waals surface area contributed by atoms with Gasteiger partial charge in [0, 0.05) is 0 Å². The predicted molar refractivity (Wildman–Crippen MR) is 72.8 cm³/mol. The highest BCUT2D eigenvalue weighted by Gasteiger charge is 2.48. The summed E-state index contributed by atoms with van der Waals surface area (Å²) in [6.45, 7) is -0.664. The third kappa shape index (κ3) is 3.42. The molecule has 8 heteroatoms. The van der Waals surface area contributed by atoms with Crippen molar-refractivity contribution in [1.82, 2.24) is 0 Å². The summed E-state index contributed by atoms with van der Waals surface area (Å²) in [6.07, 6.45) is -6.30. The quantitative estimate of drug-likeness (QED) is 0.527. The zero-order valence-corrected chi connectivity index (χ0v) is 11.9. The summed E-state index contributed by atoms with van der Waals surface area (Å²) in [7, 11) is -3.94. The van der Waals surface area contributed by atoms with Gasteiger partial charge in [0.15, 0.2) is 15.3 Å². The molecule has 1 aromatic carbocycles. The van der Waals surface area contributed by atoms with E-state index in [0.717, 1.165) is 0 Å². The highest BCUT2D eigenvalue weighted by atomic mass is 32.2. The molecule has 21 heavy (non-hydrogen) atoms. The van der Waals surface area contributed by atoms with Crippen molar-refractivity contribution in [2.75, 3.05) is 6.61 Å². The standard InChI is InChI=1S/C13H18O7S/c14-6-9-10(15)11(16)12(17)13(20-9)21(18,19)7-8-4-2-1-3-5-8/h1-5,9-17H,6-7H2/t9-,10-,11+,12+,13-/m1/s1. The number of rotatable bonds is 4. The van der Waals surface area contributed by atoms with Crippen molar-refractivity contribution < 1.29 is 33.6 Å². The van der Waals surface area contributed by atoms with Crippen LogP contribution in [0.25, 0.3) is 0 Å². The van der Waals surface area contributed by atoms with Crippen LogP contribution in [0.1, 0.15) is 5.56 Å². The molecular formula is C13H18O7S. The maximum atomic E-state index is 12.3. The lowest BCUT2D eigenvalue weighted by Crippen LogP contribution is -2.60. The second-order valence-corrected chi connectivity index (χ2v) is 7.07. The molecule has 5 atom stereocenters. The van der Waals surface area contributed by atoms with E-state index in [4.69, 9.17) is 9.84 Å². The molecule has 4 N–H and O–H groups in total. The van der Waals surface area contributed by atoms with Gasteiger partial charge >= 0.3 is 0 Å². The second kappa shape index (κ2) is 6.39. The minimum Gasteiger partial charge on any atom is -0.394 e. The highest BCUT2D eigenvalue weighted by molar-refractivity contribution is 7.91. The van der Waals surface area contributed by atoms with Crippen molar-refractivity contribution in [3.63, 3.8) is 0 Å². The van der Waals surface area contributed by atoms with Crippen LogP contribution in [-0.2, 0) is 20.3 Å². The molecule has 2 rings (SSSR count). The molecule has 1 fully saturated rings. The molecule has 0 aromatic heterocycles. The van der Waals surface area contributed by atoms with Crippen LogP contribution in [0.3, 0.4) is 0 Å². The molecule has 0 amide bonds. The predicted octanol–water partition coefficient (Wildman–Crippen LogP) is -1.60. The van der Waals surface area contributed by atoms with Gasteiger partial charge in [-0.05, 0) is 5.56 Å². The fourth-order valence-electron chi connectivity index (χ4n) is 2.25. The lowest BCUT2D eigenvalue weighted by Gasteiger charge is -2.39. The number of aliphatic hydroxyl groups excluding tert-OH is 4. The Labute approximate surface area is 122 Å². The van der Waals surface area contributed by atoms with E-state index >= 15 is 0 Å². The topological polar surface area (TPSA) is 124 Å². The lowest BCUT2D eigenvalue weighted by atomic mass is 10.0. The Hall–Kier alpha value is -1.03. The van der Waals surface area contributed by atoms with Crippen LogP contribution in [0.5, 0.6) is 0 Å². The Morgan fingerprint density at radius 2 is 1.62 bits per heavy atom. The molecule has 1 aliphatic rings. The summed E-state index contributed by atoms with van der Waals surface area (Å²) in [5, 5.41) is 38.2. The Bertz CT molecular complexity index is 557. The van der Waals surface area contributed by atoms with Crippen LogP contribution >= 0.6 is 0 Å². The summed E-state index contributed by atoms with van der Waals surface area (Å²) in [5.41, 5.74) is -1.19. The largest absolute Gasteiger partial charge is 0.394 e. The maximum absolute atomic E-state index is 12.3. The summed E-state index contributed by atoms with van der Waals surface area (Å²) in [4.78, 5) is 0. The molecule has 0 unspecified atom stereocenters. The summed E-state index contributed by atoms with van der Waals surface area (Å²) in [6, 6.07) is 8.32. The first kappa shape index (κ1) is 16.3. The van der Waals surface area contributed by atoms with Crippen LogP contribution in [0.2, 0.25) is 0 Å². The lowest BCUT2D eigenvalue weighted by molar-refractivity contribution is -0.207. The van der Waals surface area contributed by atoms with E-state index in [0.29, 0.717) is 5.56 Å². The molecule has 0 saturated carbocycles. The first-order valence-electron chi connectivity index (χ1n) is 6.43. The first-order valence-corrected chi connectivity index (χ1v) is 8.14. The smallest absolute Gasteiger partial charge is 0.187 e. The van der Waals surface area contributed by atoms with E-state index < -0.39 is 46.3 Å². The van der Waals surface area contributed by atoms with Crippen molar-refractivity contribution in [1.29, 1.82) is 0 Å². The Morgan fingerprint density at radius 1 is 1.00 bits per heavy atom. The number of aliphatic hydroxyl groups is 4. The normalized spacial score (nSPS) is 33.8. The first-order chi connectivity index (χ1) is 9.86. The molecular weight excluding hydrogens is 300 g/mol. The van der Waals surface area contributed by atoms with Crippen LogP contribution in [0.15, 0.2) is 30.3 Å². The fraction of sp³-hybridized carbons (Fsp3) is 0.538. The van der Waals surface area contributed by atoms with Crippen LogP contribution in [-0.4, -0.2) is 65.3 Å². The Kier molecular flexibility index (Phi) is 4.97. The Morgan fingerprint density at radius 3 is 2.19 bits per heavy atom. The number of sulfone groups is 1. The van der Waals surface area contributed by atoms with Crippen molar-refractivity contribution in [2.45, 2.75) is 35.6 Å². The van der Waals surface area contributed by atoms with Crippen molar-refractivity contribution in [3.05, 3.63) is 35.9 Å². The van der Waals surface area contributed by atoms with Gasteiger partial charge in [-0.15, -0.1) is 0 Å². The summed E-state index contributed by atoms with van der Waals surface area (Å²) in [5.74, 6) is -0.378. The SMILES string of the molecule is O=S(=O)(Cc1ccccc1)[C@H]1O[C@H](CO)[C@@H](O)[C@H](O)[C@@H]1O. The van der Waals surface area contributed by atoms with Crippen LogP contribution < -0.4 is 0 Å². The molecule has 0 bridgehead atoms. The third-order valence-electron chi connectivity index (χ3n) is 3.41. The van der Waals surface area contributed by atoms with Crippen molar-refractivity contribution >= 4 is 9.84 Å². The molecule has 1 aliphatic heterocycles. The molecule has 1 heterocycles. The van der Waals surface area contributed by atoms with Crippen molar-refractivity contribution in [2.24, 2.45) is 0 Å². The number of hydrogen-bond acceptors (Lipinski definition) is 7. The summed E-state index contributed by atoms with van der Waals surface area (Å²) < 4.78 is 29.7. The number of hydrogen-bond donors (Lipinski definition) is 4. The second-order valence-electron chi connectivity index (χ2n) is 4.99. The van der Waals surface area contributed by atoms with E-state index in [9.17, 15) is 23.7 Å². The number of ether oxygens (including phenoxy) is 1. The highest BCUT2D eigenvalue weighted by Crippen LogP contribution is 2.26. The van der Waals surface area contributed by atoms with Gasteiger partial charge < -0.3 is 25.2 Å². The molecule has 0 aliphatic carbocycles. The molecule has 118 valence electrons. The average Bonchev–Trinajstić information content (AvgIpc) is 2.45. The van der Waals surface area contributed by atoms with Crippen LogP contribution in [0, 0.1) is 0 Å². The minimum absolute atomic E-state index is 0.378. The Balaban J connectivity index is 2.22. The van der Waals surface area contributed by atoms with Gasteiger partial charge in [0.2, 0.25) is 0 Å². The van der Waals surface area contributed by atoms with Crippen LogP contribution in [0.4, 0.5) is 0 Å². The van der Waals surface area contributed by atoms with Gasteiger partial charge in [0.05, 0.1) is 12.4 Å². The maximum Gasteiger partial charge on any atom is 0.187 e. The van der Waals surface area contributed by atoms with Gasteiger partial charge in [0.25, 0.3) is 0 Å². The van der Waals surface area contributed by atoms with Crippen molar-refractivity contribution in [3.8, 4) is 0 Å². The van der Waals surface area contributed by atoms with E-state index in [1.165, 1.54) is 0 Å². The van der Waals surface area contributed by atoms with Gasteiger partial charge in [-0.3, -0.25) is 0 Å². The van der Waals surface area contributed by atoms with E-state index in [1.807, 2.05) is 0 Å². The van der Waals surface area contributed by atoms with E-state index in [-0.39, 0.29) is 5.75 Å². The molecule has 1 saturated heterocycles. The van der Waals surface area contributed by atoms with Gasteiger partial charge in [-0.2, -0.15) is 0 Å². The zero-order valence-electron chi connectivity index (χ0n) is 11.1. The zero-order chi connectivity index (χ0) is 15.6. The van der Waals surface area contributed by atoms with E-state index in [2.05, 4.69) is 0 Å². The molecule has 1 aromatic rings. The monoisotopic (exact) mass is 318 g/mol. The van der Waals surface area contributed by atoms with E-state index in [1.54, 1.807) is 30.3 Å². The van der Waals surface area contributed by atoms with Gasteiger partial charge in [-0.25, -0.2) is 8.42 Å². The third-order valence-corrected chi connectivity index (χ3v) is 5.25. The molecule has 0 spiro atoms. The van der Waals surface area contributed by atoms with Gasteiger partial charge in [0.1, 0.15) is 24.4 Å². The fourth-order valence-corrected chi connectivity index (χ4v) is 3.97. The number of benzene rings is 1. The summed E-state index contributed by atoms with van der Waals surface area (Å²) >= 11 is 0. The average molecular weight is 318 g/mol. The molecule has 7 nitrogen and oxygen atoms in total.